The van der Waals surface area contributed by atoms with Gasteiger partial charge in [0.05, 0.1) is 12.4 Å². The molecule has 2 unspecified atom stereocenters. The first-order valence-corrected chi connectivity index (χ1v) is 5.36. The van der Waals surface area contributed by atoms with Crippen molar-refractivity contribution in [3.63, 3.8) is 0 Å². The molecule has 1 aromatic heterocycles. The van der Waals surface area contributed by atoms with Gasteiger partial charge in [-0.15, -0.1) is 12.4 Å². The van der Waals surface area contributed by atoms with Crippen LogP contribution in [0.5, 0.6) is 0 Å². The summed E-state index contributed by atoms with van der Waals surface area (Å²) < 4.78 is 36.7. The van der Waals surface area contributed by atoms with E-state index in [1.54, 1.807) is 0 Å². The Bertz CT molecular complexity index is 382. The van der Waals surface area contributed by atoms with Crippen molar-refractivity contribution in [3.05, 3.63) is 18.1 Å². The van der Waals surface area contributed by atoms with Gasteiger partial charge >= 0.3 is 6.18 Å². The largest absolute Gasteiger partial charge is 0.434 e. The Kier molecular flexibility index (Phi) is 4.75. The topological polar surface area (TPSA) is 63.8 Å². The minimum atomic E-state index is -4.44. The highest BCUT2D eigenvalue weighted by atomic mass is 35.5. The number of rotatable bonds is 2. The fourth-order valence-electron chi connectivity index (χ4n) is 1.91. The second-order valence-corrected chi connectivity index (χ2v) is 4.20. The monoisotopic (exact) mass is 282 g/mol. The number of nitrogens with two attached hydrogens (primary N) is 1. The SMILES string of the molecule is Cl.NC1CCC(Nc2cnc(C(F)(F)F)cn2)C1. The van der Waals surface area contributed by atoms with Gasteiger partial charge in [-0.2, -0.15) is 13.2 Å². The predicted octanol–water partition coefficient (Wildman–Crippen LogP) is 2.21. The van der Waals surface area contributed by atoms with Crippen molar-refractivity contribution in [2.75, 3.05) is 5.32 Å². The molecule has 2 atom stereocenters. The van der Waals surface area contributed by atoms with Crippen molar-refractivity contribution in [2.45, 2.75) is 37.5 Å². The third-order valence-corrected chi connectivity index (χ3v) is 2.77. The lowest BCUT2D eigenvalue weighted by molar-refractivity contribution is -0.141. The maximum Gasteiger partial charge on any atom is 0.434 e. The van der Waals surface area contributed by atoms with E-state index in [9.17, 15) is 13.2 Å². The van der Waals surface area contributed by atoms with Gasteiger partial charge in [0, 0.05) is 12.1 Å². The van der Waals surface area contributed by atoms with Crippen LogP contribution < -0.4 is 11.1 Å². The van der Waals surface area contributed by atoms with Crippen LogP contribution in [0.3, 0.4) is 0 Å². The number of halogens is 4. The zero-order valence-corrected chi connectivity index (χ0v) is 10.3. The third-order valence-electron chi connectivity index (χ3n) is 2.77. The normalized spacial score (nSPS) is 23.6. The fraction of sp³-hybridized carbons (Fsp3) is 0.600. The van der Waals surface area contributed by atoms with E-state index in [0.717, 1.165) is 31.7 Å². The highest BCUT2D eigenvalue weighted by Crippen LogP contribution is 2.27. The van der Waals surface area contributed by atoms with Crippen molar-refractivity contribution in [3.8, 4) is 0 Å². The Morgan fingerprint density at radius 2 is 1.94 bits per heavy atom. The Balaban J connectivity index is 0.00000162. The molecule has 1 aliphatic carbocycles. The first-order valence-electron chi connectivity index (χ1n) is 5.36. The summed E-state index contributed by atoms with van der Waals surface area (Å²) in [6.07, 6.45) is 0.0312. The fourth-order valence-corrected chi connectivity index (χ4v) is 1.91. The number of nitrogens with one attached hydrogen (secondary N) is 1. The third kappa shape index (κ3) is 3.71. The number of hydrogen-bond acceptors (Lipinski definition) is 4. The van der Waals surface area contributed by atoms with Gasteiger partial charge in [-0.3, -0.25) is 0 Å². The maximum absolute atomic E-state index is 12.2. The molecule has 0 radical (unpaired) electrons. The summed E-state index contributed by atoms with van der Waals surface area (Å²) in [7, 11) is 0. The van der Waals surface area contributed by atoms with Crippen LogP contribution in [0.15, 0.2) is 12.4 Å². The second-order valence-electron chi connectivity index (χ2n) is 4.20. The number of alkyl halides is 3. The van der Waals surface area contributed by atoms with Crippen LogP contribution in [-0.4, -0.2) is 22.1 Å². The zero-order chi connectivity index (χ0) is 12.5. The maximum atomic E-state index is 12.2. The molecule has 4 nitrogen and oxygen atoms in total. The van der Waals surface area contributed by atoms with Gasteiger partial charge in [0.25, 0.3) is 0 Å². The average molecular weight is 283 g/mol. The molecule has 3 N–H and O–H groups in total. The molecule has 0 bridgehead atoms. The second kappa shape index (κ2) is 5.71. The molecule has 2 rings (SSSR count). The van der Waals surface area contributed by atoms with E-state index in [0.29, 0.717) is 5.82 Å². The van der Waals surface area contributed by atoms with Gasteiger partial charge in [0.2, 0.25) is 0 Å². The van der Waals surface area contributed by atoms with Crippen LogP contribution >= 0.6 is 12.4 Å². The summed E-state index contributed by atoms with van der Waals surface area (Å²) in [6.45, 7) is 0. The Hall–Kier alpha value is -1.08. The van der Waals surface area contributed by atoms with Gasteiger partial charge in [-0.1, -0.05) is 0 Å². The Morgan fingerprint density at radius 3 is 2.39 bits per heavy atom. The van der Waals surface area contributed by atoms with Gasteiger partial charge in [0.15, 0.2) is 5.69 Å². The lowest BCUT2D eigenvalue weighted by Gasteiger charge is -2.13. The lowest BCUT2D eigenvalue weighted by Crippen LogP contribution is -2.21. The van der Waals surface area contributed by atoms with Crippen molar-refractivity contribution >= 4 is 18.2 Å². The standard InChI is InChI=1S/C10H13F3N4.ClH/c11-10(12,13)8-4-16-9(5-15-8)17-7-2-1-6(14)3-7;/h4-7H,1-3,14H2,(H,16,17);1H. The van der Waals surface area contributed by atoms with Crippen molar-refractivity contribution in [2.24, 2.45) is 5.73 Å². The number of aromatic nitrogens is 2. The van der Waals surface area contributed by atoms with E-state index < -0.39 is 11.9 Å². The van der Waals surface area contributed by atoms with E-state index in [1.165, 1.54) is 0 Å². The van der Waals surface area contributed by atoms with Crippen LogP contribution in [0.1, 0.15) is 25.0 Å². The van der Waals surface area contributed by atoms with E-state index in [2.05, 4.69) is 15.3 Å². The number of anilines is 1. The van der Waals surface area contributed by atoms with Crippen LogP contribution in [0.4, 0.5) is 19.0 Å². The molecular weight excluding hydrogens is 269 g/mol. The first-order chi connectivity index (χ1) is 7.95. The Morgan fingerprint density at radius 1 is 1.22 bits per heavy atom. The molecule has 0 spiro atoms. The molecule has 1 heterocycles. The smallest absolute Gasteiger partial charge is 0.366 e. The zero-order valence-electron chi connectivity index (χ0n) is 9.44. The predicted molar refractivity (Wildman–Crippen MR) is 63.5 cm³/mol. The van der Waals surface area contributed by atoms with E-state index in [4.69, 9.17) is 5.73 Å². The summed E-state index contributed by atoms with van der Waals surface area (Å²) in [4.78, 5) is 7.03. The van der Waals surface area contributed by atoms with Crippen molar-refractivity contribution in [1.82, 2.24) is 9.97 Å². The molecule has 1 saturated carbocycles. The van der Waals surface area contributed by atoms with E-state index in [1.807, 2.05) is 0 Å². The van der Waals surface area contributed by atoms with Crippen molar-refractivity contribution < 1.29 is 13.2 Å². The van der Waals surface area contributed by atoms with Gasteiger partial charge in [-0.25, -0.2) is 9.97 Å². The summed E-state index contributed by atoms with van der Waals surface area (Å²) in [6, 6.07) is 0.339. The molecule has 0 aromatic carbocycles. The summed E-state index contributed by atoms with van der Waals surface area (Å²) >= 11 is 0. The van der Waals surface area contributed by atoms with Crippen LogP contribution in [-0.2, 0) is 6.18 Å². The van der Waals surface area contributed by atoms with E-state index >= 15 is 0 Å². The molecule has 8 heteroatoms. The highest BCUT2D eigenvalue weighted by Gasteiger charge is 2.32. The molecule has 18 heavy (non-hydrogen) atoms. The van der Waals surface area contributed by atoms with Gasteiger partial charge in [-0.05, 0) is 19.3 Å². The summed E-state index contributed by atoms with van der Waals surface area (Å²) in [5.74, 6) is 0.358. The molecule has 0 aliphatic heterocycles. The van der Waals surface area contributed by atoms with E-state index in [-0.39, 0.29) is 24.5 Å². The number of hydrogen-bond donors (Lipinski definition) is 2. The molecule has 0 saturated heterocycles. The van der Waals surface area contributed by atoms with Crippen LogP contribution in [0, 0.1) is 0 Å². The molecule has 1 aliphatic rings. The quantitative estimate of drug-likeness (QED) is 0.873. The summed E-state index contributed by atoms with van der Waals surface area (Å²) in [5.41, 5.74) is 4.75. The first kappa shape index (κ1) is 15.0. The van der Waals surface area contributed by atoms with Crippen molar-refractivity contribution in [1.29, 1.82) is 0 Å². The lowest BCUT2D eigenvalue weighted by atomic mass is 10.2. The van der Waals surface area contributed by atoms with Crippen LogP contribution in [0.25, 0.3) is 0 Å². The van der Waals surface area contributed by atoms with Crippen LogP contribution in [0.2, 0.25) is 0 Å². The van der Waals surface area contributed by atoms with Gasteiger partial charge < -0.3 is 11.1 Å². The highest BCUT2D eigenvalue weighted by molar-refractivity contribution is 5.85. The molecule has 0 amide bonds. The Labute approximate surface area is 109 Å². The average Bonchev–Trinajstić information content (AvgIpc) is 2.63. The molecule has 1 aromatic rings. The minimum absolute atomic E-state index is 0. The summed E-state index contributed by atoms with van der Waals surface area (Å²) in [5, 5.41) is 3.03. The number of nitrogens with zero attached hydrogens (tertiary/aromatic N) is 2. The van der Waals surface area contributed by atoms with Gasteiger partial charge in [0.1, 0.15) is 5.82 Å². The molecule has 102 valence electrons. The molecular formula is C10H14ClF3N4. The minimum Gasteiger partial charge on any atom is -0.366 e. The molecule has 1 fully saturated rings.